The summed E-state index contributed by atoms with van der Waals surface area (Å²) < 4.78 is 5.26. The summed E-state index contributed by atoms with van der Waals surface area (Å²) >= 11 is 0. The maximum absolute atomic E-state index is 11.4. The van der Waals surface area contributed by atoms with Gasteiger partial charge < -0.3 is 25.2 Å². The van der Waals surface area contributed by atoms with Crippen LogP contribution in [0.5, 0.6) is 5.75 Å². The number of nitrogens with zero attached hydrogens (tertiary/aromatic N) is 2. The Labute approximate surface area is 163 Å². The fraction of sp³-hybridized carbons (Fsp3) is 0.421. The molecule has 2 atom stereocenters. The number of carbonyl (C=O) groups is 3. The summed E-state index contributed by atoms with van der Waals surface area (Å²) in [6.07, 6.45) is 2.19. The number of benzene rings is 1. The Morgan fingerprint density at radius 2 is 1.82 bits per heavy atom. The fourth-order valence-electron chi connectivity index (χ4n) is 3.92. The molecule has 28 heavy (non-hydrogen) atoms. The van der Waals surface area contributed by atoms with Crippen molar-refractivity contribution in [3.63, 3.8) is 0 Å². The van der Waals surface area contributed by atoms with E-state index < -0.39 is 18.0 Å². The smallest absolute Gasteiger partial charge is 0.412 e. The second-order valence-electron chi connectivity index (χ2n) is 6.96. The third-order valence-electron chi connectivity index (χ3n) is 5.08. The zero-order valence-corrected chi connectivity index (χ0v) is 16.3. The van der Waals surface area contributed by atoms with Crippen molar-refractivity contribution >= 4 is 23.7 Å². The molecule has 0 radical (unpaired) electrons. The van der Waals surface area contributed by atoms with Crippen LogP contribution in [-0.4, -0.2) is 67.0 Å². The molecule has 1 aromatic carbocycles. The van der Waals surface area contributed by atoms with Gasteiger partial charge in [-0.3, -0.25) is 4.90 Å². The van der Waals surface area contributed by atoms with E-state index >= 15 is 0 Å². The zero-order chi connectivity index (χ0) is 21.1. The number of fused-ring (bicyclic) bond motifs is 3. The molecular weight excluding hydrogens is 366 g/mol. The number of likely N-dealkylation sites (N-methyl/N-ethyl adjacent to an activating group) is 2. The molecule has 152 valence electrons. The average Bonchev–Trinajstić information content (AvgIpc) is 3.06. The largest absolute Gasteiger partial charge is 0.478 e. The molecule has 3 rings (SSSR count). The quantitative estimate of drug-likeness (QED) is 0.663. The molecule has 2 heterocycles. The molecule has 1 aromatic rings. The van der Waals surface area contributed by atoms with Crippen LogP contribution in [0, 0.1) is 0 Å². The van der Waals surface area contributed by atoms with Gasteiger partial charge in [0.05, 0.1) is 6.17 Å². The molecule has 0 aromatic heterocycles. The highest BCUT2D eigenvalue weighted by Gasteiger charge is 2.52. The molecule has 1 amide bonds. The van der Waals surface area contributed by atoms with Gasteiger partial charge in [-0.2, -0.15) is 0 Å². The van der Waals surface area contributed by atoms with Gasteiger partial charge >= 0.3 is 18.0 Å². The molecule has 2 aliphatic rings. The second-order valence-corrected chi connectivity index (χ2v) is 6.96. The Morgan fingerprint density at radius 1 is 1.21 bits per heavy atom. The number of rotatable bonds is 3. The Hall–Kier alpha value is -3.07. The molecule has 3 N–H and O–H groups in total. The molecule has 2 unspecified atom stereocenters. The van der Waals surface area contributed by atoms with Gasteiger partial charge in [-0.05, 0) is 37.2 Å². The van der Waals surface area contributed by atoms with E-state index in [-0.39, 0.29) is 5.41 Å². The zero-order valence-electron chi connectivity index (χ0n) is 16.3. The van der Waals surface area contributed by atoms with Gasteiger partial charge in [0.15, 0.2) is 0 Å². The van der Waals surface area contributed by atoms with Crippen molar-refractivity contribution in [1.82, 2.24) is 10.2 Å². The highest BCUT2D eigenvalue weighted by molar-refractivity contribution is 5.89. The molecule has 9 heteroatoms. The summed E-state index contributed by atoms with van der Waals surface area (Å²) in [5.41, 5.74) is 2.60. The predicted molar refractivity (Wildman–Crippen MR) is 103 cm³/mol. The van der Waals surface area contributed by atoms with Gasteiger partial charge in [0.2, 0.25) is 0 Å². The first-order chi connectivity index (χ1) is 13.1. The summed E-state index contributed by atoms with van der Waals surface area (Å²) in [6.45, 7) is 3.39. The van der Waals surface area contributed by atoms with E-state index in [9.17, 15) is 14.4 Å². The first kappa shape index (κ1) is 21.2. The SMILES string of the molecule is CNC(=O)Oc1ccc2c(c1)C1(C)CCN(C)C1N2C.O=C(O)/C=C\C(=O)O. The Bertz CT molecular complexity index is 793. The van der Waals surface area contributed by atoms with Gasteiger partial charge in [-0.25, -0.2) is 14.4 Å². The minimum Gasteiger partial charge on any atom is -0.478 e. The molecule has 1 saturated heterocycles. The van der Waals surface area contributed by atoms with Crippen molar-refractivity contribution < 1.29 is 29.3 Å². The minimum atomic E-state index is -1.26. The number of ether oxygens (including phenoxy) is 1. The lowest BCUT2D eigenvalue weighted by Crippen LogP contribution is -2.45. The summed E-state index contributed by atoms with van der Waals surface area (Å²) in [4.78, 5) is 35.2. The predicted octanol–water partition coefficient (Wildman–Crippen LogP) is 1.49. The summed E-state index contributed by atoms with van der Waals surface area (Å²) in [5, 5.41) is 18.1. The first-order valence-electron chi connectivity index (χ1n) is 8.71. The number of carbonyl (C=O) groups excluding carboxylic acids is 1. The van der Waals surface area contributed by atoms with Gasteiger partial charge in [0, 0.05) is 43.9 Å². The van der Waals surface area contributed by atoms with Crippen molar-refractivity contribution in [3.8, 4) is 5.75 Å². The highest BCUT2D eigenvalue weighted by Crippen LogP contribution is 2.51. The number of carboxylic acid groups (broad SMARTS) is 2. The maximum Gasteiger partial charge on any atom is 0.412 e. The molecule has 0 spiro atoms. The van der Waals surface area contributed by atoms with Crippen molar-refractivity contribution in [1.29, 1.82) is 0 Å². The minimum absolute atomic E-state index is 0.0981. The van der Waals surface area contributed by atoms with Crippen LogP contribution >= 0.6 is 0 Å². The van der Waals surface area contributed by atoms with Crippen molar-refractivity contribution in [2.75, 3.05) is 32.6 Å². The van der Waals surface area contributed by atoms with Crippen LogP contribution in [0.4, 0.5) is 10.5 Å². The summed E-state index contributed by atoms with van der Waals surface area (Å²) in [7, 11) is 5.86. The normalized spacial score (nSPS) is 22.9. The molecular formula is C19H25N3O6. The van der Waals surface area contributed by atoms with Crippen LogP contribution in [0.15, 0.2) is 30.4 Å². The molecule has 0 bridgehead atoms. The van der Waals surface area contributed by atoms with E-state index in [4.69, 9.17) is 14.9 Å². The summed E-state index contributed by atoms with van der Waals surface area (Å²) in [6, 6.07) is 5.92. The van der Waals surface area contributed by atoms with Crippen LogP contribution in [0.2, 0.25) is 0 Å². The molecule has 2 aliphatic heterocycles. The number of hydrogen-bond donors (Lipinski definition) is 3. The van der Waals surface area contributed by atoms with Gasteiger partial charge in [-0.1, -0.05) is 6.92 Å². The topological polar surface area (TPSA) is 119 Å². The van der Waals surface area contributed by atoms with Crippen LogP contribution in [0.1, 0.15) is 18.9 Å². The standard InChI is InChI=1S/C15H21N3O2.C4H4O4/c1-15-7-8-17(3)13(15)18(4)12-6-5-10(9-11(12)15)20-14(19)16-2;5-3(6)1-2-4(7)8/h5-6,9,13H,7-8H2,1-4H3,(H,16,19);1-2H,(H,5,6)(H,7,8)/b;2-1-. The lowest BCUT2D eigenvalue weighted by molar-refractivity contribution is -0.134. The highest BCUT2D eigenvalue weighted by atomic mass is 16.5. The molecule has 0 aliphatic carbocycles. The van der Waals surface area contributed by atoms with Crippen molar-refractivity contribution in [3.05, 3.63) is 35.9 Å². The van der Waals surface area contributed by atoms with Crippen LogP contribution in [0.3, 0.4) is 0 Å². The molecule has 0 saturated carbocycles. The third kappa shape index (κ3) is 4.25. The number of hydrogen-bond acceptors (Lipinski definition) is 6. The summed E-state index contributed by atoms with van der Waals surface area (Å²) in [5.74, 6) is -1.91. The molecule has 9 nitrogen and oxygen atoms in total. The van der Waals surface area contributed by atoms with Crippen LogP contribution < -0.4 is 15.0 Å². The van der Waals surface area contributed by atoms with E-state index in [1.54, 1.807) is 7.05 Å². The first-order valence-corrected chi connectivity index (χ1v) is 8.71. The fourth-order valence-corrected chi connectivity index (χ4v) is 3.92. The number of anilines is 1. The van der Waals surface area contributed by atoms with E-state index in [0.717, 1.165) is 13.0 Å². The number of amides is 1. The van der Waals surface area contributed by atoms with Gasteiger partial charge in [0.25, 0.3) is 0 Å². The average molecular weight is 391 g/mol. The van der Waals surface area contributed by atoms with Crippen LogP contribution in [0.25, 0.3) is 0 Å². The van der Waals surface area contributed by atoms with Crippen molar-refractivity contribution in [2.24, 2.45) is 0 Å². The Kier molecular flexibility index (Phi) is 6.30. The van der Waals surface area contributed by atoms with Crippen LogP contribution in [-0.2, 0) is 15.0 Å². The maximum atomic E-state index is 11.4. The third-order valence-corrected chi connectivity index (χ3v) is 5.08. The number of carboxylic acids is 2. The van der Waals surface area contributed by atoms with E-state index in [2.05, 4.69) is 36.1 Å². The number of nitrogens with one attached hydrogen (secondary N) is 1. The van der Waals surface area contributed by atoms with E-state index in [1.807, 2.05) is 18.2 Å². The lowest BCUT2D eigenvalue weighted by Gasteiger charge is -2.32. The molecule has 1 fully saturated rings. The van der Waals surface area contributed by atoms with E-state index in [1.165, 1.54) is 11.3 Å². The monoisotopic (exact) mass is 391 g/mol. The Balaban J connectivity index is 0.000000300. The van der Waals surface area contributed by atoms with Crippen molar-refractivity contribution in [2.45, 2.75) is 24.9 Å². The van der Waals surface area contributed by atoms with Gasteiger partial charge in [-0.15, -0.1) is 0 Å². The second kappa shape index (κ2) is 8.30. The number of likely N-dealkylation sites (tertiary alicyclic amines) is 1. The van der Waals surface area contributed by atoms with E-state index in [0.29, 0.717) is 24.1 Å². The van der Waals surface area contributed by atoms with Gasteiger partial charge in [0.1, 0.15) is 5.75 Å². The lowest BCUT2D eigenvalue weighted by atomic mass is 9.81. The Morgan fingerprint density at radius 3 is 2.36 bits per heavy atom. The number of aliphatic carboxylic acids is 2.